The first-order valence-electron chi connectivity index (χ1n) is 8.26. The molecule has 2 aromatic carbocycles. The monoisotopic (exact) mass is 378 g/mol. The van der Waals surface area contributed by atoms with E-state index in [0.717, 1.165) is 11.1 Å². The molecular formula is C19H23FN2O3S. The topological polar surface area (TPSA) is 66.5 Å². The lowest BCUT2D eigenvalue weighted by Crippen LogP contribution is -2.37. The minimum Gasteiger partial charge on any atom is -0.337 e. The van der Waals surface area contributed by atoms with Crippen LogP contribution in [0, 0.1) is 19.7 Å². The Morgan fingerprint density at radius 2 is 1.77 bits per heavy atom. The molecule has 1 N–H and O–H groups in total. The van der Waals surface area contributed by atoms with Crippen molar-refractivity contribution < 1.29 is 17.6 Å². The van der Waals surface area contributed by atoms with Gasteiger partial charge in [0.1, 0.15) is 5.82 Å². The molecule has 0 bridgehead atoms. The lowest BCUT2D eigenvalue weighted by Gasteiger charge is -2.21. The second-order valence-corrected chi connectivity index (χ2v) is 7.97. The zero-order chi connectivity index (χ0) is 19.3. The predicted molar refractivity (Wildman–Crippen MR) is 98.6 cm³/mol. The molecule has 2 rings (SSSR count). The van der Waals surface area contributed by atoms with Crippen LogP contribution in [0.2, 0.25) is 0 Å². The molecule has 0 spiro atoms. The van der Waals surface area contributed by atoms with Crippen molar-refractivity contribution in [1.82, 2.24) is 9.62 Å². The molecular weight excluding hydrogens is 355 g/mol. The normalized spacial score (nSPS) is 11.4. The number of carbonyl (C=O) groups excluding carboxylic acids is 1. The summed E-state index contributed by atoms with van der Waals surface area (Å²) >= 11 is 0. The zero-order valence-corrected chi connectivity index (χ0v) is 15.9. The first-order valence-corrected chi connectivity index (χ1v) is 9.74. The molecule has 0 saturated carbocycles. The molecule has 0 atom stereocenters. The minimum atomic E-state index is -3.65. The van der Waals surface area contributed by atoms with E-state index >= 15 is 0 Å². The number of carbonyl (C=O) groups is 1. The third-order valence-corrected chi connectivity index (χ3v) is 5.65. The maximum atomic E-state index is 13.0. The van der Waals surface area contributed by atoms with E-state index in [1.807, 2.05) is 13.0 Å². The molecule has 0 aliphatic heterocycles. The van der Waals surface area contributed by atoms with Crippen LogP contribution < -0.4 is 4.72 Å². The highest BCUT2D eigenvalue weighted by molar-refractivity contribution is 7.89. The number of aryl methyl sites for hydroxylation is 2. The number of nitrogens with one attached hydrogen (secondary N) is 1. The van der Waals surface area contributed by atoms with E-state index < -0.39 is 10.0 Å². The highest BCUT2D eigenvalue weighted by atomic mass is 32.2. The summed E-state index contributed by atoms with van der Waals surface area (Å²) in [5.41, 5.74) is 2.44. The van der Waals surface area contributed by atoms with Crippen LogP contribution in [0.1, 0.15) is 23.6 Å². The molecule has 0 fully saturated rings. The van der Waals surface area contributed by atoms with Gasteiger partial charge in [-0.3, -0.25) is 4.79 Å². The summed E-state index contributed by atoms with van der Waals surface area (Å²) in [5.74, 6) is -0.524. The Bertz CT molecular complexity index is 880. The van der Waals surface area contributed by atoms with Gasteiger partial charge in [0, 0.05) is 26.6 Å². The van der Waals surface area contributed by atoms with E-state index in [2.05, 4.69) is 4.72 Å². The third-order valence-electron chi connectivity index (χ3n) is 4.03. The first-order chi connectivity index (χ1) is 12.2. The lowest BCUT2D eigenvalue weighted by atomic mass is 10.2. The van der Waals surface area contributed by atoms with Gasteiger partial charge in [-0.2, -0.15) is 0 Å². The number of hydrogen-bond acceptors (Lipinski definition) is 3. The average molecular weight is 378 g/mol. The predicted octanol–water partition coefficient (Wildman–Crippen LogP) is 2.77. The van der Waals surface area contributed by atoms with Crippen LogP contribution in [0.15, 0.2) is 47.4 Å². The second-order valence-electron chi connectivity index (χ2n) is 6.23. The molecule has 0 unspecified atom stereocenters. The van der Waals surface area contributed by atoms with Crippen molar-refractivity contribution in [2.24, 2.45) is 0 Å². The van der Waals surface area contributed by atoms with Crippen LogP contribution in [-0.2, 0) is 21.4 Å². The summed E-state index contributed by atoms with van der Waals surface area (Å²) in [6, 6.07) is 11.0. The first kappa shape index (κ1) is 20.1. The molecule has 1 amide bonds. The zero-order valence-electron chi connectivity index (χ0n) is 15.1. The van der Waals surface area contributed by atoms with Crippen molar-refractivity contribution in [3.63, 3.8) is 0 Å². The Morgan fingerprint density at radius 3 is 2.35 bits per heavy atom. The van der Waals surface area contributed by atoms with Gasteiger partial charge in [-0.1, -0.05) is 29.8 Å². The quantitative estimate of drug-likeness (QED) is 0.806. The Balaban J connectivity index is 2.00. The number of halogens is 1. The molecule has 0 heterocycles. The van der Waals surface area contributed by atoms with Gasteiger partial charge in [-0.25, -0.2) is 17.5 Å². The number of nitrogens with zero attached hydrogens (tertiary/aromatic N) is 1. The molecule has 0 radical (unpaired) electrons. The smallest absolute Gasteiger partial charge is 0.240 e. The van der Waals surface area contributed by atoms with Crippen LogP contribution >= 0.6 is 0 Å². The number of rotatable bonds is 7. The molecule has 26 heavy (non-hydrogen) atoms. The lowest BCUT2D eigenvalue weighted by molar-refractivity contribution is -0.129. The van der Waals surface area contributed by atoms with Gasteiger partial charge in [0.25, 0.3) is 0 Å². The molecule has 0 aliphatic carbocycles. The van der Waals surface area contributed by atoms with E-state index in [1.165, 1.54) is 24.0 Å². The molecule has 5 nitrogen and oxygen atoms in total. The third kappa shape index (κ3) is 5.37. The number of amides is 1. The summed E-state index contributed by atoms with van der Waals surface area (Å²) in [6.45, 7) is 5.67. The maximum absolute atomic E-state index is 13.0. The minimum absolute atomic E-state index is 0.0937. The van der Waals surface area contributed by atoms with Crippen LogP contribution in [0.3, 0.4) is 0 Å². The van der Waals surface area contributed by atoms with Gasteiger partial charge in [0.2, 0.25) is 15.9 Å². The molecule has 7 heteroatoms. The van der Waals surface area contributed by atoms with Gasteiger partial charge in [-0.15, -0.1) is 0 Å². The van der Waals surface area contributed by atoms with Crippen LogP contribution in [0.4, 0.5) is 4.39 Å². The Labute approximate surface area is 153 Å². The fourth-order valence-electron chi connectivity index (χ4n) is 2.65. The summed E-state index contributed by atoms with van der Waals surface area (Å²) in [4.78, 5) is 13.6. The van der Waals surface area contributed by atoms with Gasteiger partial charge in [0.15, 0.2) is 0 Å². The van der Waals surface area contributed by atoms with Crippen molar-refractivity contribution in [2.75, 3.05) is 13.1 Å². The van der Waals surface area contributed by atoms with Crippen molar-refractivity contribution in [3.8, 4) is 0 Å². The van der Waals surface area contributed by atoms with E-state index in [9.17, 15) is 17.6 Å². The SMILES string of the molecule is CC(=O)N(CCNS(=O)(=O)c1ccc(C)cc1C)Cc1ccc(F)cc1. The van der Waals surface area contributed by atoms with Crippen LogP contribution in [-0.4, -0.2) is 32.3 Å². The van der Waals surface area contributed by atoms with Gasteiger partial charge >= 0.3 is 0 Å². The molecule has 0 aliphatic rings. The van der Waals surface area contributed by atoms with Crippen molar-refractivity contribution >= 4 is 15.9 Å². The van der Waals surface area contributed by atoms with Crippen molar-refractivity contribution in [1.29, 1.82) is 0 Å². The Hall–Kier alpha value is -2.25. The number of sulfonamides is 1. The molecule has 0 saturated heterocycles. The fraction of sp³-hybridized carbons (Fsp3) is 0.316. The summed E-state index contributed by atoms with van der Waals surface area (Å²) in [6.07, 6.45) is 0. The summed E-state index contributed by atoms with van der Waals surface area (Å²) in [5, 5.41) is 0. The van der Waals surface area contributed by atoms with Gasteiger partial charge in [0.05, 0.1) is 4.90 Å². The maximum Gasteiger partial charge on any atom is 0.240 e. The van der Waals surface area contributed by atoms with Gasteiger partial charge < -0.3 is 4.90 Å². The van der Waals surface area contributed by atoms with E-state index in [4.69, 9.17) is 0 Å². The highest BCUT2D eigenvalue weighted by Gasteiger charge is 2.17. The van der Waals surface area contributed by atoms with E-state index in [1.54, 1.807) is 31.2 Å². The fourth-order valence-corrected chi connectivity index (χ4v) is 3.90. The highest BCUT2D eigenvalue weighted by Crippen LogP contribution is 2.16. The van der Waals surface area contributed by atoms with E-state index in [0.29, 0.717) is 12.1 Å². The number of hydrogen-bond donors (Lipinski definition) is 1. The Kier molecular flexibility index (Phi) is 6.50. The molecule has 2 aromatic rings. The largest absolute Gasteiger partial charge is 0.337 e. The average Bonchev–Trinajstić information content (AvgIpc) is 2.55. The summed E-state index contributed by atoms with van der Waals surface area (Å²) in [7, 11) is -3.65. The standard InChI is InChI=1S/C19H23FN2O3S/c1-14-4-9-19(15(2)12-14)26(24,25)21-10-11-22(16(3)23)13-17-5-7-18(20)8-6-17/h4-9,12,21H,10-11,13H2,1-3H3. The summed E-state index contributed by atoms with van der Waals surface area (Å²) < 4.78 is 40.4. The Morgan fingerprint density at radius 1 is 1.12 bits per heavy atom. The molecule has 140 valence electrons. The second kappa shape index (κ2) is 8.42. The van der Waals surface area contributed by atoms with E-state index in [-0.39, 0.29) is 29.7 Å². The van der Waals surface area contributed by atoms with Crippen molar-refractivity contribution in [3.05, 3.63) is 65.0 Å². The molecule has 0 aromatic heterocycles. The number of benzene rings is 2. The van der Waals surface area contributed by atoms with Gasteiger partial charge in [-0.05, 0) is 43.2 Å². The van der Waals surface area contributed by atoms with Crippen LogP contribution in [0.5, 0.6) is 0 Å². The van der Waals surface area contributed by atoms with Crippen molar-refractivity contribution in [2.45, 2.75) is 32.2 Å². The van der Waals surface area contributed by atoms with Crippen LogP contribution in [0.25, 0.3) is 0 Å².